The Bertz CT molecular complexity index is 609. The quantitative estimate of drug-likeness (QED) is 0.648. The van der Waals surface area contributed by atoms with E-state index in [9.17, 15) is 4.79 Å². The highest BCUT2D eigenvalue weighted by molar-refractivity contribution is 5.92. The number of nitrogens with two attached hydrogens (primary N) is 1. The molecule has 0 unspecified atom stereocenters. The number of H-pyrrole nitrogens is 1. The van der Waals surface area contributed by atoms with Crippen molar-refractivity contribution in [1.29, 1.82) is 0 Å². The van der Waals surface area contributed by atoms with E-state index >= 15 is 0 Å². The minimum atomic E-state index is -0.233. The van der Waals surface area contributed by atoms with Crippen LogP contribution in [0.4, 0.5) is 0 Å². The number of aromatic amines is 1. The van der Waals surface area contributed by atoms with E-state index in [4.69, 9.17) is 5.73 Å². The lowest BCUT2D eigenvalue weighted by atomic mass is 10.2. The van der Waals surface area contributed by atoms with E-state index in [2.05, 4.69) is 37.3 Å². The van der Waals surface area contributed by atoms with Gasteiger partial charge in [-0.3, -0.25) is 9.89 Å². The highest BCUT2D eigenvalue weighted by atomic mass is 16.1. The van der Waals surface area contributed by atoms with Crippen molar-refractivity contribution in [3.63, 3.8) is 0 Å². The van der Waals surface area contributed by atoms with Crippen molar-refractivity contribution in [3.8, 4) is 11.8 Å². The third-order valence-electron chi connectivity index (χ3n) is 2.44. The maximum atomic E-state index is 11.8. The van der Waals surface area contributed by atoms with Gasteiger partial charge in [0.2, 0.25) is 0 Å². The van der Waals surface area contributed by atoms with Gasteiger partial charge in [0.15, 0.2) is 0 Å². The van der Waals surface area contributed by atoms with Gasteiger partial charge in [0.1, 0.15) is 17.8 Å². The molecule has 0 saturated heterocycles. The smallest absolute Gasteiger partial charge is 0.269 e. The van der Waals surface area contributed by atoms with Crippen LogP contribution >= 0.6 is 0 Å². The molecule has 0 fully saturated rings. The molecule has 2 heterocycles. The molecule has 0 aliphatic rings. The van der Waals surface area contributed by atoms with Crippen LogP contribution in [0.5, 0.6) is 0 Å². The third-order valence-corrected chi connectivity index (χ3v) is 2.44. The molecule has 0 radical (unpaired) electrons. The average Bonchev–Trinajstić information content (AvgIpc) is 2.99. The van der Waals surface area contributed by atoms with Crippen molar-refractivity contribution in [1.82, 2.24) is 25.5 Å². The highest BCUT2D eigenvalue weighted by Gasteiger charge is 2.06. The first-order chi connectivity index (χ1) is 9.79. The molecule has 0 spiro atoms. The minimum Gasteiger partial charge on any atom is -0.350 e. The standard InChI is InChI=1S/C13H14N6O/c14-6-1-2-10-3-4-11(16-8-10)13(20)15-7-5-12-17-9-18-19-12/h3-4,8-9H,5-7,14H2,(H,15,20)(H,17,18,19). The largest absolute Gasteiger partial charge is 0.350 e. The number of aromatic nitrogens is 4. The molecule has 0 saturated carbocycles. The van der Waals surface area contributed by atoms with E-state index in [0.717, 1.165) is 11.4 Å². The molecule has 0 aliphatic carbocycles. The second kappa shape index (κ2) is 7.01. The van der Waals surface area contributed by atoms with Crippen LogP contribution in [0, 0.1) is 11.8 Å². The number of nitrogens with zero attached hydrogens (tertiary/aromatic N) is 3. The number of carbonyl (C=O) groups is 1. The summed E-state index contributed by atoms with van der Waals surface area (Å²) >= 11 is 0. The molecule has 0 aromatic carbocycles. The second-order valence-corrected chi connectivity index (χ2v) is 3.88. The molecule has 20 heavy (non-hydrogen) atoms. The predicted octanol–water partition coefficient (Wildman–Crippen LogP) is -0.518. The summed E-state index contributed by atoms with van der Waals surface area (Å²) in [7, 11) is 0. The van der Waals surface area contributed by atoms with Gasteiger partial charge in [-0.1, -0.05) is 11.8 Å². The third kappa shape index (κ3) is 3.90. The molecule has 2 rings (SSSR count). The molecular formula is C13H14N6O. The number of hydrogen-bond acceptors (Lipinski definition) is 5. The van der Waals surface area contributed by atoms with Gasteiger partial charge in [-0.15, -0.1) is 0 Å². The fourth-order valence-corrected chi connectivity index (χ4v) is 1.49. The van der Waals surface area contributed by atoms with Gasteiger partial charge in [-0.05, 0) is 12.1 Å². The van der Waals surface area contributed by atoms with Gasteiger partial charge in [-0.25, -0.2) is 9.97 Å². The van der Waals surface area contributed by atoms with E-state index in [0.29, 0.717) is 25.2 Å². The summed E-state index contributed by atoms with van der Waals surface area (Å²) in [4.78, 5) is 19.8. The molecule has 0 bridgehead atoms. The van der Waals surface area contributed by atoms with Crippen LogP contribution in [0.2, 0.25) is 0 Å². The van der Waals surface area contributed by atoms with Gasteiger partial charge < -0.3 is 11.1 Å². The van der Waals surface area contributed by atoms with Gasteiger partial charge in [0.25, 0.3) is 5.91 Å². The summed E-state index contributed by atoms with van der Waals surface area (Å²) in [5, 5.41) is 9.21. The fraction of sp³-hybridized carbons (Fsp3) is 0.231. The molecule has 0 atom stereocenters. The van der Waals surface area contributed by atoms with Gasteiger partial charge in [0, 0.05) is 24.7 Å². The lowest BCUT2D eigenvalue weighted by Gasteiger charge is -2.03. The molecule has 0 aliphatic heterocycles. The van der Waals surface area contributed by atoms with Gasteiger partial charge >= 0.3 is 0 Å². The first kappa shape index (κ1) is 13.7. The molecule has 1 amide bonds. The van der Waals surface area contributed by atoms with Crippen LogP contribution in [0.1, 0.15) is 21.9 Å². The van der Waals surface area contributed by atoms with Crippen molar-refractivity contribution >= 4 is 5.91 Å². The Morgan fingerprint density at radius 2 is 2.30 bits per heavy atom. The SMILES string of the molecule is NCC#Cc1ccc(C(=O)NCCc2ncn[nH]2)nc1. The number of amides is 1. The summed E-state index contributed by atoms with van der Waals surface area (Å²) in [5.41, 5.74) is 6.36. The summed E-state index contributed by atoms with van der Waals surface area (Å²) in [6, 6.07) is 3.37. The lowest BCUT2D eigenvalue weighted by Crippen LogP contribution is -2.26. The van der Waals surface area contributed by atoms with Crippen LogP contribution in [0.25, 0.3) is 0 Å². The van der Waals surface area contributed by atoms with E-state index in [1.165, 1.54) is 6.33 Å². The van der Waals surface area contributed by atoms with E-state index in [1.807, 2.05) is 0 Å². The monoisotopic (exact) mass is 270 g/mol. The zero-order chi connectivity index (χ0) is 14.2. The van der Waals surface area contributed by atoms with E-state index in [1.54, 1.807) is 18.3 Å². The van der Waals surface area contributed by atoms with Crippen LogP contribution < -0.4 is 11.1 Å². The molecule has 7 nitrogen and oxygen atoms in total. The topological polar surface area (TPSA) is 110 Å². The number of nitrogens with one attached hydrogen (secondary N) is 2. The first-order valence-corrected chi connectivity index (χ1v) is 6.07. The Kier molecular flexibility index (Phi) is 4.81. The highest BCUT2D eigenvalue weighted by Crippen LogP contribution is 1.99. The molecule has 2 aromatic rings. The Morgan fingerprint density at radius 1 is 1.40 bits per heavy atom. The second-order valence-electron chi connectivity index (χ2n) is 3.88. The summed E-state index contributed by atoms with van der Waals surface area (Å²) < 4.78 is 0. The Hall–Kier alpha value is -2.72. The van der Waals surface area contributed by atoms with Crippen molar-refractivity contribution < 1.29 is 4.79 Å². The van der Waals surface area contributed by atoms with E-state index in [-0.39, 0.29) is 5.91 Å². The van der Waals surface area contributed by atoms with Crippen LogP contribution in [0.3, 0.4) is 0 Å². The summed E-state index contributed by atoms with van der Waals surface area (Å²) in [5.74, 6) is 6.06. The minimum absolute atomic E-state index is 0.233. The maximum absolute atomic E-state index is 11.8. The molecule has 102 valence electrons. The zero-order valence-electron chi connectivity index (χ0n) is 10.8. The summed E-state index contributed by atoms with van der Waals surface area (Å²) in [6.45, 7) is 0.758. The molecule has 2 aromatic heterocycles. The van der Waals surface area contributed by atoms with Crippen LogP contribution in [0.15, 0.2) is 24.7 Å². The van der Waals surface area contributed by atoms with Gasteiger partial charge in [0.05, 0.1) is 6.54 Å². The zero-order valence-corrected chi connectivity index (χ0v) is 10.8. The lowest BCUT2D eigenvalue weighted by molar-refractivity contribution is 0.0949. The predicted molar refractivity (Wildman–Crippen MR) is 72.6 cm³/mol. The van der Waals surface area contributed by atoms with Crippen molar-refractivity contribution in [3.05, 3.63) is 41.7 Å². The normalized spacial score (nSPS) is 9.65. The Labute approximate surface area is 116 Å². The Morgan fingerprint density at radius 3 is 2.95 bits per heavy atom. The van der Waals surface area contributed by atoms with Crippen molar-refractivity contribution in [2.45, 2.75) is 6.42 Å². The average molecular weight is 270 g/mol. The Balaban J connectivity index is 1.85. The molecular weight excluding hydrogens is 256 g/mol. The number of carbonyl (C=O) groups excluding carboxylic acids is 1. The molecule has 4 N–H and O–H groups in total. The first-order valence-electron chi connectivity index (χ1n) is 6.07. The molecule has 7 heteroatoms. The van der Waals surface area contributed by atoms with Crippen molar-refractivity contribution in [2.75, 3.05) is 13.1 Å². The number of hydrogen-bond donors (Lipinski definition) is 3. The number of rotatable bonds is 4. The number of pyridine rings is 1. The fourth-order valence-electron chi connectivity index (χ4n) is 1.49. The van der Waals surface area contributed by atoms with E-state index < -0.39 is 0 Å². The maximum Gasteiger partial charge on any atom is 0.269 e. The van der Waals surface area contributed by atoms with Crippen molar-refractivity contribution in [2.24, 2.45) is 5.73 Å². The van der Waals surface area contributed by atoms with Crippen LogP contribution in [-0.4, -0.2) is 39.2 Å². The summed E-state index contributed by atoms with van der Waals surface area (Å²) in [6.07, 6.45) is 3.57. The van der Waals surface area contributed by atoms with Gasteiger partial charge in [-0.2, -0.15) is 5.10 Å². The van der Waals surface area contributed by atoms with Crippen LogP contribution in [-0.2, 0) is 6.42 Å².